The van der Waals surface area contributed by atoms with Gasteiger partial charge < -0.3 is 14.7 Å². The van der Waals surface area contributed by atoms with Crippen molar-refractivity contribution >= 4 is 52.3 Å². The number of aryl methyl sites for hydroxylation is 1. The van der Waals surface area contributed by atoms with Gasteiger partial charge in [0.25, 0.3) is 0 Å². The minimum atomic E-state index is -0.379. The predicted molar refractivity (Wildman–Crippen MR) is 97.6 cm³/mol. The molecule has 24 heavy (non-hydrogen) atoms. The third-order valence-corrected chi connectivity index (χ3v) is 5.50. The molecule has 2 aromatic rings. The first kappa shape index (κ1) is 18.8. The summed E-state index contributed by atoms with van der Waals surface area (Å²) in [4.78, 5) is 26.9. The van der Waals surface area contributed by atoms with Gasteiger partial charge in [-0.05, 0) is 26.0 Å². The van der Waals surface area contributed by atoms with Crippen LogP contribution in [0.15, 0.2) is 22.7 Å². The van der Waals surface area contributed by atoms with E-state index in [-0.39, 0.29) is 22.8 Å². The molecule has 2 heterocycles. The molecule has 0 aliphatic heterocycles. The van der Waals surface area contributed by atoms with Crippen LogP contribution in [-0.4, -0.2) is 39.9 Å². The molecule has 1 N–H and O–H groups in total. The zero-order chi connectivity index (χ0) is 17.7. The zero-order valence-corrected chi connectivity index (χ0v) is 15.9. The van der Waals surface area contributed by atoms with Gasteiger partial charge in [0.05, 0.1) is 21.9 Å². The summed E-state index contributed by atoms with van der Waals surface area (Å²) in [6, 6.07) is 5.35. The molecule has 0 aliphatic rings. The molecular weight excluding hydrogens is 370 g/mol. The molecule has 2 aromatic heterocycles. The number of thiophene rings is 1. The SMILES string of the molecule is Cc1cc(NC(=O)C(C)SCC(=O)N(C)Cc2ccc(Cl)s2)no1. The van der Waals surface area contributed by atoms with Crippen LogP contribution in [0.1, 0.15) is 17.6 Å². The average molecular weight is 388 g/mol. The number of hydrogen-bond donors (Lipinski definition) is 1. The van der Waals surface area contributed by atoms with Crippen LogP contribution in [0.25, 0.3) is 0 Å². The average Bonchev–Trinajstić information content (AvgIpc) is 3.12. The molecule has 0 spiro atoms. The van der Waals surface area contributed by atoms with Crippen LogP contribution in [0, 0.1) is 6.92 Å². The largest absolute Gasteiger partial charge is 0.360 e. The second-order valence-corrected chi connectivity index (χ2v) is 8.35. The van der Waals surface area contributed by atoms with E-state index >= 15 is 0 Å². The number of amides is 2. The number of aromatic nitrogens is 1. The zero-order valence-electron chi connectivity index (χ0n) is 13.5. The van der Waals surface area contributed by atoms with Gasteiger partial charge in [0.15, 0.2) is 5.82 Å². The van der Waals surface area contributed by atoms with Gasteiger partial charge in [-0.1, -0.05) is 16.8 Å². The fraction of sp³-hybridized carbons (Fsp3) is 0.400. The third-order valence-electron chi connectivity index (χ3n) is 3.15. The smallest absolute Gasteiger partial charge is 0.238 e. The number of thioether (sulfide) groups is 1. The Hall–Kier alpha value is -1.51. The lowest BCUT2D eigenvalue weighted by Gasteiger charge is -2.17. The molecule has 9 heteroatoms. The van der Waals surface area contributed by atoms with Gasteiger partial charge in [0.1, 0.15) is 5.76 Å². The van der Waals surface area contributed by atoms with E-state index in [0.29, 0.717) is 22.5 Å². The van der Waals surface area contributed by atoms with Gasteiger partial charge in [-0.3, -0.25) is 9.59 Å². The second kappa shape index (κ2) is 8.55. The van der Waals surface area contributed by atoms with Gasteiger partial charge in [-0.2, -0.15) is 0 Å². The molecule has 0 fully saturated rings. The molecule has 0 bridgehead atoms. The molecule has 0 aromatic carbocycles. The monoisotopic (exact) mass is 387 g/mol. The highest BCUT2D eigenvalue weighted by atomic mass is 35.5. The molecule has 2 rings (SSSR count). The van der Waals surface area contributed by atoms with E-state index in [0.717, 1.165) is 4.88 Å². The van der Waals surface area contributed by atoms with Crippen molar-refractivity contribution in [3.8, 4) is 0 Å². The van der Waals surface area contributed by atoms with Gasteiger partial charge in [-0.25, -0.2) is 0 Å². The van der Waals surface area contributed by atoms with Crippen molar-refractivity contribution in [1.82, 2.24) is 10.1 Å². The number of anilines is 1. The Bertz CT molecular complexity index is 716. The summed E-state index contributed by atoms with van der Waals surface area (Å²) in [5.41, 5.74) is 0. The van der Waals surface area contributed by atoms with Crippen molar-refractivity contribution in [2.75, 3.05) is 18.1 Å². The Balaban J connectivity index is 1.76. The van der Waals surface area contributed by atoms with Crippen molar-refractivity contribution in [2.45, 2.75) is 25.6 Å². The minimum Gasteiger partial charge on any atom is -0.360 e. The second-order valence-electron chi connectivity index (χ2n) is 5.22. The Labute approximate surface area is 153 Å². The van der Waals surface area contributed by atoms with Gasteiger partial charge in [0.2, 0.25) is 11.8 Å². The van der Waals surface area contributed by atoms with Crippen molar-refractivity contribution < 1.29 is 14.1 Å². The first-order valence-electron chi connectivity index (χ1n) is 7.19. The van der Waals surface area contributed by atoms with Gasteiger partial charge >= 0.3 is 0 Å². The summed E-state index contributed by atoms with van der Waals surface area (Å²) in [7, 11) is 1.74. The van der Waals surface area contributed by atoms with E-state index in [1.807, 2.05) is 12.1 Å². The number of carbonyl (C=O) groups is 2. The van der Waals surface area contributed by atoms with Crippen LogP contribution >= 0.6 is 34.7 Å². The molecule has 0 radical (unpaired) electrons. The van der Waals surface area contributed by atoms with Crippen LogP contribution in [0.3, 0.4) is 0 Å². The molecular formula is C15H18ClN3O3S2. The first-order chi connectivity index (χ1) is 11.3. The molecule has 0 saturated carbocycles. The van der Waals surface area contributed by atoms with E-state index in [4.69, 9.17) is 16.1 Å². The minimum absolute atomic E-state index is 0.0403. The summed E-state index contributed by atoms with van der Waals surface area (Å²) >= 11 is 8.61. The Morgan fingerprint density at radius 3 is 2.83 bits per heavy atom. The van der Waals surface area contributed by atoms with E-state index in [1.54, 1.807) is 31.9 Å². The summed E-state index contributed by atoms with van der Waals surface area (Å²) in [5.74, 6) is 0.969. The molecule has 2 amide bonds. The van der Waals surface area contributed by atoms with Crippen LogP contribution < -0.4 is 5.32 Å². The topological polar surface area (TPSA) is 75.4 Å². The highest BCUT2D eigenvalue weighted by Crippen LogP contribution is 2.23. The molecule has 1 atom stereocenters. The lowest BCUT2D eigenvalue weighted by molar-refractivity contribution is -0.127. The molecule has 0 aliphatic carbocycles. The van der Waals surface area contributed by atoms with Crippen LogP contribution in [-0.2, 0) is 16.1 Å². The third kappa shape index (κ3) is 5.54. The van der Waals surface area contributed by atoms with Gasteiger partial charge in [-0.15, -0.1) is 23.1 Å². The van der Waals surface area contributed by atoms with Crippen molar-refractivity contribution in [1.29, 1.82) is 0 Å². The Morgan fingerprint density at radius 2 is 2.25 bits per heavy atom. The standard InChI is InChI=1S/C15H18ClN3O3S2/c1-9-6-13(18-22-9)17-15(21)10(2)23-8-14(20)19(3)7-11-4-5-12(16)24-11/h4-6,10H,7-8H2,1-3H3,(H,17,18,21). The van der Waals surface area contributed by atoms with Crippen LogP contribution in [0.2, 0.25) is 4.34 Å². The number of carbonyl (C=O) groups excluding carboxylic acids is 2. The Kier molecular flexibility index (Phi) is 6.70. The van der Waals surface area contributed by atoms with Crippen LogP contribution in [0.5, 0.6) is 0 Å². The number of nitrogens with one attached hydrogen (secondary N) is 1. The van der Waals surface area contributed by atoms with Crippen LogP contribution in [0.4, 0.5) is 5.82 Å². The molecule has 130 valence electrons. The highest BCUT2D eigenvalue weighted by molar-refractivity contribution is 8.01. The van der Waals surface area contributed by atoms with Crippen molar-refractivity contribution in [3.05, 3.63) is 33.2 Å². The number of rotatable bonds is 7. The van der Waals surface area contributed by atoms with E-state index in [2.05, 4.69) is 10.5 Å². The van der Waals surface area contributed by atoms with Crippen molar-refractivity contribution in [3.63, 3.8) is 0 Å². The lowest BCUT2D eigenvalue weighted by Crippen LogP contribution is -2.30. The Morgan fingerprint density at radius 1 is 1.50 bits per heavy atom. The fourth-order valence-corrected chi connectivity index (χ4v) is 3.76. The summed E-state index contributed by atoms with van der Waals surface area (Å²) in [6.45, 7) is 4.00. The van der Waals surface area contributed by atoms with E-state index in [9.17, 15) is 9.59 Å². The maximum Gasteiger partial charge on any atom is 0.238 e. The molecule has 1 unspecified atom stereocenters. The summed E-state index contributed by atoms with van der Waals surface area (Å²) in [6.07, 6.45) is 0. The molecule has 6 nitrogen and oxygen atoms in total. The maximum absolute atomic E-state index is 12.2. The first-order valence-corrected chi connectivity index (χ1v) is 9.43. The number of halogens is 1. The van der Waals surface area contributed by atoms with Crippen molar-refractivity contribution in [2.24, 2.45) is 0 Å². The van der Waals surface area contributed by atoms with E-state index < -0.39 is 0 Å². The fourth-order valence-electron chi connectivity index (χ4n) is 1.79. The normalized spacial score (nSPS) is 12.0. The highest BCUT2D eigenvalue weighted by Gasteiger charge is 2.18. The summed E-state index contributed by atoms with van der Waals surface area (Å²) in [5, 5.41) is 5.99. The molecule has 0 saturated heterocycles. The number of nitrogens with zero attached hydrogens (tertiary/aromatic N) is 2. The predicted octanol–water partition coefficient (Wildman–Crippen LogP) is 3.42. The van der Waals surface area contributed by atoms with Gasteiger partial charge in [0, 0.05) is 18.0 Å². The maximum atomic E-state index is 12.2. The number of hydrogen-bond acceptors (Lipinski definition) is 6. The quantitative estimate of drug-likeness (QED) is 0.787. The lowest BCUT2D eigenvalue weighted by atomic mass is 10.4. The summed E-state index contributed by atoms with van der Waals surface area (Å²) < 4.78 is 5.59. The van der Waals surface area contributed by atoms with E-state index in [1.165, 1.54) is 23.1 Å².